The average Bonchev–Trinajstić information content (AvgIpc) is 3.24. The molecule has 320 valence electrons. The normalized spacial score (nSPS) is 11.5. The van der Waals surface area contributed by atoms with Gasteiger partial charge in [-0.3, -0.25) is 29.6 Å². The zero-order valence-electron chi connectivity index (χ0n) is 34.9. The number of nitrogens with two attached hydrogens (primary N) is 6. The molecule has 0 atom stereocenters. The average molecular weight is 799 g/mol. The third-order valence-corrected chi connectivity index (χ3v) is 9.62. The van der Waals surface area contributed by atoms with Crippen molar-refractivity contribution in [3.8, 4) is 0 Å². The van der Waals surface area contributed by atoms with Gasteiger partial charge in [-0.25, -0.2) is 0 Å². The SMILES string of the molecule is NCCN(CCN)Cc1ccc(CN(CCN)CCN)cc1.NCCN(CCNCc1ccccn1)Cc1ccc(CN(CCN)CCNCc2ccccn2)cc1. The maximum absolute atomic E-state index is 5.87. The minimum Gasteiger partial charge on any atom is -0.329 e. The molecule has 0 aliphatic heterocycles. The summed E-state index contributed by atoms with van der Waals surface area (Å²) in [5.74, 6) is 0. The third-order valence-electron chi connectivity index (χ3n) is 9.62. The minimum absolute atomic E-state index is 0.654. The smallest absolute Gasteiger partial charge is 0.0541 e. The molecule has 0 spiro atoms. The lowest BCUT2D eigenvalue weighted by molar-refractivity contribution is 0.269. The molecule has 58 heavy (non-hydrogen) atoms. The van der Waals surface area contributed by atoms with Crippen LogP contribution in [0.25, 0.3) is 0 Å². The first kappa shape index (κ1) is 48.6. The molecule has 0 aliphatic rings. The van der Waals surface area contributed by atoms with Crippen LogP contribution in [0.5, 0.6) is 0 Å². The monoisotopic (exact) mass is 799 g/mol. The van der Waals surface area contributed by atoms with Crippen molar-refractivity contribution in [1.29, 1.82) is 0 Å². The second-order valence-electron chi connectivity index (χ2n) is 14.5. The highest BCUT2D eigenvalue weighted by Crippen LogP contribution is 2.11. The topological polar surface area (TPSA) is 219 Å². The molecule has 0 aliphatic carbocycles. The van der Waals surface area contributed by atoms with Crippen molar-refractivity contribution in [2.45, 2.75) is 39.3 Å². The molecule has 2 heterocycles. The number of pyridine rings is 2. The van der Waals surface area contributed by atoms with Gasteiger partial charge in [-0.2, -0.15) is 0 Å². The lowest BCUT2D eigenvalue weighted by Gasteiger charge is -2.23. The Morgan fingerprint density at radius 2 is 0.638 bits per heavy atom. The predicted molar refractivity (Wildman–Crippen MR) is 240 cm³/mol. The quantitative estimate of drug-likeness (QED) is 0.0341. The van der Waals surface area contributed by atoms with Gasteiger partial charge >= 0.3 is 0 Å². The van der Waals surface area contributed by atoms with Crippen molar-refractivity contribution >= 4 is 0 Å². The highest BCUT2D eigenvalue weighted by atomic mass is 15.2. The molecule has 2 aromatic heterocycles. The highest BCUT2D eigenvalue weighted by molar-refractivity contribution is 5.23. The Morgan fingerprint density at radius 3 is 0.879 bits per heavy atom. The van der Waals surface area contributed by atoms with Crippen molar-refractivity contribution in [1.82, 2.24) is 40.2 Å². The third kappa shape index (κ3) is 21.3. The van der Waals surface area contributed by atoms with Crippen LogP contribution in [-0.2, 0) is 39.3 Å². The van der Waals surface area contributed by atoms with Crippen molar-refractivity contribution < 1.29 is 0 Å². The van der Waals surface area contributed by atoms with Crippen LogP contribution in [0.3, 0.4) is 0 Å². The van der Waals surface area contributed by atoms with Crippen molar-refractivity contribution in [2.24, 2.45) is 34.4 Å². The van der Waals surface area contributed by atoms with Gasteiger partial charge < -0.3 is 45.0 Å². The van der Waals surface area contributed by atoms with E-state index in [2.05, 4.69) is 88.7 Å². The number of nitrogens with zero attached hydrogens (tertiary/aromatic N) is 6. The van der Waals surface area contributed by atoms with Crippen LogP contribution in [0.4, 0.5) is 0 Å². The lowest BCUT2D eigenvalue weighted by atomic mass is 10.1. The van der Waals surface area contributed by atoms with Crippen LogP contribution in [0.1, 0.15) is 33.6 Å². The van der Waals surface area contributed by atoms with Crippen LogP contribution in [0.2, 0.25) is 0 Å². The van der Waals surface area contributed by atoms with E-state index < -0.39 is 0 Å². The number of hydrogen-bond acceptors (Lipinski definition) is 14. The predicted octanol–water partition coefficient (Wildman–Crippen LogP) is 0.703. The van der Waals surface area contributed by atoms with E-state index >= 15 is 0 Å². The summed E-state index contributed by atoms with van der Waals surface area (Å²) in [7, 11) is 0. The number of nitrogens with one attached hydrogen (secondary N) is 2. The Morgan fingerprint density at radius 1 is 0.362 bits per heavy atom. The van der Waals surface area contributed by atoms with Gasteiger partial charge in [0.2, 0.25) is 0 Å². The molecular formula is C44H74N14. The highest BCUT2D eigenvalue weighted by Gasteiger charge is 2.10. The molecule has 0 saturated carbocycles. The first-order chi connectivity index (χ1) is 28.5. The molecule has 2 aromatic carbocycles. The van der Waals surface area contributed by atoms with E-state index in [4.69, 9.17) is 34.4 Å². The summed E-state index contributed by atoms with van der Waals surface area (Å²) in [6, 6.07) is 29.7. The van der Waals surface area contributed by atoms with Crippen molar-refractivity contribution in [2.75, 3.05) is 105 Å². The Hall–Kier alpha value is -3.74. The Balaban J connectivity index is 0.000000351. The van der Waals surface area contributed by atoms with E-state index in [0.717, 1.165) is 116 Å². The molecule has 0 unspecified atom stereocenters. The van der Waals surface area contributed by atoms with Crippen molar-refractivity contribution in [3.05, 3.63) is 131 Å². The summed E-state index contributed by atoms with van der Waals surface area (Å²) < 4.78 is 0. The summed E-state index contributed by atoms with van der Waals surface area (Å²) in [6.45, 7) is 18.0. The fourth-order valence-electron chi connectivity index (χ4n) is 6.62. The largest absolute Gasteiger partial charge is 0.329 e. The van der Waals surface area contributed by atoms with Gasteiger partial charge in [0.25, 0.3) is 0 Å². The number of aromatic nitrogens is 2. The van der Waals surface area contributed by atoms with Gasteiger partial charge in [0, 0.05) is 156 Å². The van der Waals surface area contributed by atoms with Gasteiger partial charge in [-0.15, -0.1) is 0 Å². The molecule has 0 saturated heterocycles. The number of benzene rings is 2. The zero-order valence-corrected chi connectivity index (χ0v) is 34.9. The van der Waals surface area contributed by atoms with Crippen LogP contribution in [-0.4, -0.2) is 134 Å². The first-order valence-electron chi connectivity index (χ1n) is 21.0. The minimum atomic E-state index is 0.654. The van der Waals surface area contributed by atoms with E-state index in [0.29, 0.717) is 39.3 Å². The van der Waals surface area contributed by atoms with Gasteiger partial charge in [-0.05, 0) is 46.5 Å². The van der Waals surface area contributed by atoms with E-state index in [1.54, 1.807) is 0 Å². The summed E-state index contributed by atoms with van der Waals surface area (Å²) >= 11 is 0. The molecule has 14 nitrogen and oxygen atoms in total. The summed E-state index contributed by atoms with van der Waals surface area (Å²) in [5, 5.41) is 6.96. The van der Waals surface area contributed by atoms with Gasteiger partial charge in [-0.1, -0.05) is 60.7 Å². The van der Waals surface area contributed by atoms with E-state index in [1.807, 2.05) is 48.8 Å². The van der Waals surface area contributed by atoms with Crippen LogP contribution < -0.4 is 45.0 Å². The van der Waals surface area contributed by atoms with Gasteiger partial charge in [0.15, 0.2) is 0 Å². The second-order valence-corrected chi connectivity index (χ2v) is 14.5. The molecule has 4 aromatic rings. The number of hydrogen-bond donors (Lipinski definition) is 8. The molecule has 14 N–H and O–H groups in total. The molecule has 0 amide bonds. The van der Waals surface area contributed by atoms with E-state index in [9.17, 15) is 0 Å². The van der Waals surface area contributed by atoms with Gasteiger partial charge in [0.05, 0.1) is 11.4 Å². The Labute approximate surface area is 348 Å². The van der Waals surface area contributed by atoms with E-state index in [-0.39, 0.29) is 0 Å². The Bertz CT molecular complexity index is 1400. The van der Waals surface area contributed by atoms with Crippen LogP contribution >= 0.6 is 0 Å². The first-order valence-corrected chi connectivity index (χ1v) is 21.0. The number of rotatable bonds is 30. The van der Waals surface area contributed by atoms with Gasteiger partial charge in [0.1, 0.15) is 0 Å². The molecule has 14 heteroatoms. The second kappa shape index (κ2) is 31.2. The maximum atomic E-state index is 5.87. The van der Waals surface area contributed by atoms with Crippen LogP contribution in [0.15, 0.2) is 97.3 Å². The Kier molecular flexibility index (Phi) is 26.2. The zero-order chi connectivity index (χ0) is 41.5. The summed E-state index contributed by atoms with van der Waals surface area (Å²) in [6.07, 6.45) is 3.66. The summed E-state index contributed by atoms with van der Waals surface area (Å²) in [5.41, 5.74) is 41.6. The fraction of sp³-hybridized carbons (Fsp3) is 0.500. The standard InChI is InChI=1S/C28H42N8.C16H32N6/c29-11-17-35(19-15-31-21-27-5-1-3-13-33-27)23-25-7-9-26(10-8-25)24-36(18-12-30)20-16-32-22-28-6-2-4-14-34-28;17-5-9-21(10-6-18)13-15-1-2-16(4-3-15)14-22(11-7-19)12-8-20/h1-10,13-14,31-32H,11-12,15-24,29-30H2;1-4H,5-14,17-20H2. The van der Waals surface area contributed by atoms with Crippen molar-refractivity contribution in [3.63, 3.8) is 0 Å². The lowest BCUT2D eigenvalue weighted by Crippen LogP contribution is -2.35. The maximum Gasteiger partial charge on any atom is 0.0541 e. The molecule has 0 radical (unpaired) electrons. The summed E-state index contributed by atoms with van der Waals surface area (Å²) in [4.78, 5) is 18.1. The molecule has 4 rings (SSSR count). The fourth-order valence-corrected chi connectivity index (χ4v) is 6.62. The van der Waals surface area contributed by atoms with Crippen LogP contribution in [0, 0.1) is 0 Å². The molecule has 0 fully saturated rings. The molecular weight excluding hydrogens is 725 g/mol. The molecule has 0 bridgehead atoms. The van der Waals surface area contributed by atoms with E-state index in [1.165, 1.54) is 22.3 Å².